The zero-order valence-corrected chi connectivity index (χ0v) is 17.8. The molecular formula is C22H26N2O5S. The minimum atomic E-state index is -3.75. The van der Waals surface area contributed by atoms with Gasteiger partial charge in [0.15, 0.2) is 6.61 Å². The van der Waals surface area contributed by atoms with E-state index < -0.39 is 16.0 Å². The van der Waals surface area contributed by atoms with Gasteiger partial charge in [0.25, 0.3) is 5.91 Å². The molecule has 0 aromatic heterocycles. The average molecular weight is 431 g/mol. The fourth-order valence-corrected chi connectivity index (χ4v) is 4.50. The second-order valence-corrected chi connectivity index (χ2v) is 8.81. The first-order valence-corrected chi connectivity index (χ1v) is 11.5. The summed E-state index contributed by atoms with van der Waals surface area (Å²) >= 11 is 0. The molecule has 0 fully saturated rings. The van der Waals surface area contributed by atoms with E-state index in [1.807, 2.05) is 37.3 Å². The highest BCUT2D eigenvalue weighted by Gasteiger charge is 2.20. The van der Waals surface area contributed by atoms with Crippen molar-refractivity contribution in [3.05, 3.63) is 54.2 Å². The van der Waals surface area contributed by atoms with Gasteiger partial charge in [-0.2, -0.15) is 0 Å². The van der Waals surface area contributed by atoms with Crippen molar-refractivity contribution in [2.24, 2.45) is 0 Å². The Morgan fingerprint density at radius 2 is 1.90 bits per heavy atom. The fraction of sp³-hybridized carbons (Fsp3) is 0.364. The molecule has 0 atom stereocenters. The lowest BCUT2D eigenvalue weighted by atomic mass is 10.1. The molecule has 160 valence electrons. The first kappa shape index (κ1) is 22.0. The summed E-state index contributed by atoms with van der Waals surface area (Å²) < 4.78 is 32.4. The molecule has 1 amide bonds. The Hall–Kier alpha value is -2.71. The van der Waals surface area contributed by atoms with Gasteiger partial charge in [-0.05, 0) is 49.1 Å². The third kappa shape index (κ3) is 5.46. The van der Waals surface area contributed by atoms with E-state index in [-0.39, 0.29) is 30.4 Å². The maximum Gasteiger partial charge on any atom is 0.307 e. The van der Waals surface area contributed by atoms with E-state index in [2.05, 4.69) is 4.72 Å². The van der Waals surface area contributed by atoms with Crippen LogP contribution in [0.4, 0.5) is 0 Å². The highest BCUT2D eigenvalue weighted by Crippen LogP contribution is 2.21. The van der Waals surface area contributed by atoms with E-state index in [1.165, 1.54) is 6.07 Å². The number of nitrogens with zero attached hydrogens (tertiary/aromatic N) is 1. The van der Waals surface area contributed by atoms with Crippen LogP contribution in [0.2, 0.25) is 0 Å². The number of amides is 1. The number of carbonyl (C=O) groups excluding carboxylic acids is 2. The summed E-state index contributed by atoms with van der Waals surface area (Å²) in [4.78, 5) is 26.0. The summed E-state index contributed by atoms with van der Waals surface area (Å²) in [6.07, 6.45) is 4.70. The molecule has 0 saturated carbocycles. The lowest BCUT2D eigenvalue weighted by molar-refractivity contribution is -0.151. The van der Waals surface area contributed by atoms with Crippen molar-refractivity contribution in [2.75, 3.05) is 19.7 Å². The van der Waals surface area contributed by atoms with Crippen molar-refractivity contribution in [3.8, 4) is 0 Å². The van der Waals surface area contributed by atoms with Crippen molar-refractivity contribution < 1.29 is 22.7 Å². The molecular weight excluding hydrogens is 404 g/mol. The van der Waals surface area contributed by atoms with Crippen molar-refractivity contribution in [3.63, 3.8) is 0 Å². The van der Waals surface area contributed by atoms with Crippen LogP contribution in [0.15, 0.2) is 59.1 Å². The quantitative estimate of drug-likeness (QED) is 0.618. The number of likely N-dealkylation sites (N-methyl/N-ethyl adjacent to an activating group) is 1. The number of carbonyl (C=O) groups is 2. The molecule has 7 nitrogen and oxygen atoms in total. The minimum absolute atomic E-state index is 0.106. The molecule has 0 heterocycles. The van der Waals surface area contributed by atoms with Crippen LogP contribution in [0.3, 0.4) is 0 Å². The number of fused-ring (bicyclic) bond motifs is 1. The highest BCUT2D eigenvalue weighted by molar-refractivity contribution is 7.89. The number of ether oxygens (including phenoxy) is 1. The predicted molar refractivity (Wildman–Crippen MR) is 114 cm³/mol. The van der Waals surface area contributed by atoms with Gasteiger partial charge in [0.05, 0.1) is 11.3 Å². The molecule has 0 saturated heterocycles. The second kappa shape index (κ2) is 9.86. The maximum atomic E-state index is 12.5. The summed E-state index contributed by atoms with van der Waals surface area (Å²) in [5.74, 6) is -0.892. The molecule has 3 rings (SSSR count). The van der Waals surface area contributed by atoms with Crippen LogP contribution < -0.4 is 4.72 Å². The number of hydrogen-bond donors (Lipinski definition) is 1. The van der Waals surface area contributed by atoms with Crippen LogP contribution in [-0.2, 0) is 24.3 Å². The van der Waals surface area contributed by atoms with E-state index in [1.54, 1.807) is 17.0 Å². The molecule has 30 heavy (non-hydrogen) atoms. The molecule has 0 aliphatic heterocycles. The number of rotatable bonds is 9. The Bertz CT molecular complexity index is 1060. The SMILES string of the molecule is CCN(C(=O)COC(=O)CCNS(=O)(=O)c1ccc2ccccc2c1)C1=CCCC1. The molecule has 0 spiro atoms. The lowest BCUT2D eigenvalue weighted by Gasteiger charge is -2.22. The van der Waals surface area contributed by atoms with Gasteiger partial charge in [-0.25, -0.2) is 13.1 Å². The zero-order chi connectivity index (χ0) is 21.6. The lowest BCUT2D eigenvalue weighted by Crippen LogP contribution is -2.34. The minimum Gasteiger partial charge on any atom is -0.456 e. The van der Waals surface area contributed by atoms with Crippen LogP contribution in [-0.4, -0.2) is 44.9 Å². The Morgan fingerprint density at radius 3 is 2.60 bits per heavy atom. The van der Waals surface area contributed by atoms with E-state index >= 15 is 0 Å². The summed E-state index contributed by atoms with van der Waals surface area (Å²) in [6.45, 7) is 1.94. The second-order valence-electron chi connectivity index (χ2n) is 7.04. The first-order valence-electron chi connectivity index (χ1n) is 10.0. The van der Waals surface area contributed by atoms with E-state index in [9.17, 15) is 18.0 Å². The molecule has 1 aliphatic rings. The Balaban J connectivity index is 1.47. The third-order valence-electron chi connectivity index (χ3n) is 4.99. The monoisotopic (exact) mass is 430 g/mol. The van der Waals surface area contributed by atoms with Gasteiger partial charge in [-0.15, -0.1) is 0 Å². The number of allylic oxidation sites excluding steroid dienone is 2. The summed E-state index contributed by atoms with van der Waals surface area (Å²) in [6, 6.07) is 12.3. The van der Waals surface area contributed by atoms with Crippen molar-refractivity contribution in [2.45, 2.75) is 37.5 Å². The fourth-order valence-electron chi connectivity index (χ4n) is 3.44. The topological polar surface area (TPSA) is 92.8 Å². The van der Waals surface area contributed by atoms with Gasteiger partial charge < -0.3 is 9.64 Å². The van der Waals surface area contributed by atoms with Gasteiger partial charge >= 0.3 is 5.97 Å². The van der Waals surface area contributed by atoms with Crippen LogP contribution in [0.25, 0.3) is 10.8 Å². The summed E-state index contributed by atoms with van der Waals surface area (Å²) in [5, 5.41) is 1.76. The highest BCUT2D eigenvalue weighted by atomic mass is 32.2. The van der Waals surface area contributed by atoms with Gasteiger partial charge in [0.2, 0.25) is 10.0 Å². The number of hydrogen-bond acceptors (Lipinski definition) is 5. The molecule has 0 bridgehead atoms. The molecule has 8 heteroatoms. The summed E-state index contributed by atoms with van der Waals surface area (Å²) in [7, 11) is -3.75. The van der Waals surface area contributed by atoms with Crippen LogP contribution >= 0.6 is 0 Å². The number of sulfonamides is 1. The normalized spacial score (nSPS) is 13.8. The Morgan fingerprint density at radius 1 is 1.13 bits per heavy atom. The average Bonchev–Trinajstić information content (AvgIpc) is 3.26. The zero-order valence-electron chi connectivity index (χ0n) is 17.0. The van der Waals surface area contributed by atoms with E-state index in [0.29, 0.717) is 6.54 Å². The standard InChI is InChI=1S/C22H26N2O5S/c1-2-24(19-9-5-6-10-19)21(25)16-29-22(26)13-14-23-30(27,28)20-12-11-17-7-3-4-8-18(17)15-20/h3-4,7-9,11-12,15,23H,2,5-6,10,13-14,16H2,1H3. The van der Waals surface area contributed by atoms with Gasteiger partial charge in [0.1, 0.15) is 0 Å². The van der Waals surface area contributed by atoms with E-state index in [0.717, 1.165) is 35.7 Å². The number of benzene rings is 2. The Kier molecular flexibility index (Phi) is 7.23. The van der Waals surface area contributed by atoms with Crippen LogP contribution in [0, 0.1) is 0 Å². The molecule has 1 aliphatic carbocycles. The maximum absolute atomic E-state index is 12.5. The smallest absolute Gasteiger partial charge is 0.307 e. The molecule has 0 unspecified atom stereocenters. The van der Waals surface area contributed by atoms with Crippen LogP contribution in [0.1, 0.15) is 32.6 Å². The number of esters is 1. The van der Waals surface area contributed by atoms with Gasteiger partial charge in [0, 0.05) is 18.8 Å². The number of nitrogens with one attached hydrogen (secondary N) is 1. The van der Waals surface area contributed by atoms with Crippen molar-refractivity contribution >= 4 is 32.7 Å². The molecule has 2 aromatic rings. The summed E-state index contributed by atoms with van der Waals surface area (Å²) in [5.41, 5.74) is 0.974. The van der Waals surface area contributed by atoms with Crippen LogP contribution in [0.5, 0.6) is 0 Å². The van der Waals surface area contributed by atoms with E-state index in [4.69, 9.17) is 4.74 Å². The largest absolute Gasteiger partial charge is 0.456 e. The third-order valence-corrected chi connectivity index (χ3v) is 6.45. The van der Waals surface area contributed by atoms with Gasteiger partial charge in [-0.3, -0.25) is 9.59 Å². The van der Waals surface area contributed by atoms with Crippen molar-refractivity contribution in [1.82, 2.24) is 9.62 Å². The Labute approximate surface area is 176 Å². The van der Waals surface area contributed by atoms with Crippen molar-refractivity contribution in [1.29, 1.82) is 0 Å². The molecule has 2 aromatic carbocycles. The molecule has 0 radical (unpaired) electrons. The molecule has 1 N–H and O–H groups in total. The predicted octanol–water partition coefficient (Wildman–Crippen LogP) is 2.97. The van der Waals surface area contributed by atoms with Gasteiger partial charge in [-0.1, -0.05) is 36.4 Å². The first-order chi connectivity index (χ1) is 14.4.